The first-order chi connectivity index (χ1) is 14.3. The van der Waals surface area contributed by atoms with Crippen molar-refractivity contribution in [1.82, 2.24) is 0 Å². The van der Waals surface area contributed by atoms with E-state index in [0.29, 0.717) is 46.9 Å². The molecule has 10 heteroatoms. The molecule has 0 aliphatic rings. The van der Waals surface area contributed by atoms with Gasteiger partial charge in [-0.25, -0.2) is 9.59 Å². The molecule has 0 spiro atoms. The van der Waals surface area contributed by atoms with E-state index in [1.54, 1.807) is 12.1 Å². The van der Waals surface area contributed by atoms with Crippen LogP contribution in [0.4, 0.5) is 0 Å². The first kappa shape index (κ1) is 24.1. The van der Waals surface area contributed by atoms with Gasteiger partial charge in [-0.3, -0.25) is 0 Å². The minimum Gasteiger partial charge on any atom is -0.491 e. The average molecular weight is 548 g/mol. The fourth-order valence-electron chi connectivity index (χ4n) is 2.30. The van der Waals surface area contributed by atoms with E-state index < -0.39 is 11.9 Å². The van der Waals surface area contributed by atoms with E-state index in [1.165, 1.54) is 24.3 Å². The maximum Gasteiger partial charge on any atom is 0.335 e. The number of carboxylic acids is 2. The summed E-state index contributed by atoms with van der Waals surface area (Å²) in [7, 11) is 0. The molecule has 30 heavy (non-hydrogen) atoms. The van der Waals surface area contributed by atoms with Gasteiger partial charge in [0.2, 0.25) is 0 Å². The summed E-state index contributed by atoms with van der Waals surface area (Å²) in [4.78, 5) is 22.0. The van der Waals surface area contributed by atoms with Crippen molar-refractivity contribution in [2.75, 3.05) is 39.6 Å². The lowest BCUT2D eigenvalue weighted by Crippen LogP contribution is -2.13. The third-order valence-electron chi connectivity index (χ3n) is 3.60. The third kappa shape index (κ3) is 8.70. The Morgan fingerprint density at radius 2 is 1.00 bits per heavy atom. The predicted molar refractivity (Wildman–Crippen MR) is 115 cm³/mol. The van der Waals surface area contributed by atoms with Crippen LogP contribution in [0.25, 0.3) is 0 Å². The van der Waals surface area contributed by atoms with Crippen LogP contribution < -0.4 is 9.47 Å². The molecule has 0 saturated heterocycles. The van der Waals surface area contributed by atoms with Crippen LogP contribution in [0.15, 0.2) is 45.3 Å². The number of halogens is 2. The Bertz CT molecular complexity index is 800. The zero-order valence-electron chi connectivity index (χ0n) is 15.8. The minimum absolute atomic E-state index is 0.137. The van der Waals surface area contributed by atoms with Crippen molar-refractivity contribution in [3.63, 3.8) is 0 Å². The molecule has 0 aliphatic heterocycles. The highest BCUT2D eigenvalue weighted by Gasteiger charge is 2.08. The third-order valence-corrected chi connectivity index (χ3v) is 4.52. The van der Waals surface area contributed by atoms with Gasteiger partial charge in [0.25, 0.3) is 0 Å². The first-order valence-corrected chi connectivity index (χ1v) is 10.4. The van der Waals surface area contributed by atoms with Crippen LogP contribution >= 0.6 is 31.9 Å². The van der Waals surface area contributed by atoms with Gasteiger partial charge in [0.05, 0.1) is 37.6 Å². The maximum absolute atomic E-state index is 11.0. The van der Waals surface area contributed by atoms with Crippen LogP contribution in [-0.4, -0.2) is 61.8 Å². The van der Waals surface area contributed by atoms with E-state index in [2.05, 4.69) is 31.9 Å². The van der Waals surface area contributed by atoms with Gasteiger partial charge in [-0.1, -0.05) is 31.9 Å². The molecule has 0 heterocycles. The predicted octanol–water partition coefficient (Wildman–Crippen LogP) is 4.10. The van der Waals surface area contributed by atoms with Crippen LogP contribution in [0.2, 0.25) is 0 Å². The average Bonchev–Trinajstić information content (AvgIpc) is 2.68. The molecular weight excluding hydrogens is 528 g/mol. The summed E-state index contributed by atoms with van der Waals surface area (Å²) < 4.78 is 23.0. The number of hydrogen-bond acceptors (Lipinski definition) is 6. The van der Waals surface area contributed by atoms with Crippen molar-refractivity contribution < 1.29 is 38.7 Å². The maximum atomic E-state index is 11.0. The lowest BCUT2D eigenvalue weighted by molar-refractivity contribution is 0.0273. The molecule has 2 rings (SSSR count). The van der Waals surface area contributed by atoms with Gasteiger partial charge < -0.3 is 29.2 Å². The Morgan fingerprint density at radius 1 is 0.633 bits per heavy atom. The fourth-order valence-corrected chi connectivity index (χ4v) is 3.24. The SMILES string of the molecule is O=C(O)c1cc(Br)cc(OCCOCCOCCOc2cc(Br)cc(C(=O)O)c2)c1. The van der Waals surface area contributed by atoms with Crippen LogP contribution in [0.3, 0.4) is 0 Å². The lowest BCUT2D eigenvalue weighted by Gasteiger charge is -2.10. The highest BCUT2D eigenvalue weighted by molar-refractivity contribution is 9.10. The first-order valence-electron chi connectivity index (χ1n) is 8.84. The topological polar surface area (TPSA) is 112 Å². The lowest BCUT2D eigenvalue weighted by atomic mass is 10.2. The second-order valence-electron chi connectivity index (χ2n) is 5.88. The number of ether oxygens (including phenoxy) is 4. The smallest absolute Gasteiger partial charge is 0.335 e. The molecule has 0 amide bonds. The Morgan fingerprint density at radius 3 is 1.37 bits per heavy atom. The van der Waals surface area contributed by atoms with Crippen molar-refractivity contribution in [3.8, 4) is 11.5 Å². The Hall–Kier alpha value is -2.14. The summed E-state index contributed by atoms with van der Waals surface area (Å²) in [5, 5.41) is 18.1. The summed E-state index contributed by atoms with van der Waals surface area (Å²) in [6.07, 6.45) is 0. The van der Waals surface area contributed by atoms with Crippen molar-refractivity contribution in [2.45, 2.75) is 0 Å². The Labute approximate surface area is 190 Å². The van der Waals surface area contributed by atoms with E-state index in [1.807, 2.05) is 0 Å². The largest absolute Gasteiger partial charge is 0.491 e. The summed E-state index contributed by atoms with van der Waals surface area (Å²) in [6, 6.07) is 9.24. The molecule has 8 nitrogen and oxygen atoms in total. The molecule has 0 saturated carbocycles. The van der Waals surface area contributed by atoms with Crippen molar-refractivity contribution in [2.24, 2.45) is 0 Å². The standard InChI is InChI=1S/C20H20Br2O8/c21-15-7-13(19(23)24)9-17(11-15)29-5-3-27-1-2-28-4-6-30-18-10-14(20(25)26)8-16(22)12-18/h7-12H,1-6H2,(H,23,24)(H,25,26). The van der Waals surface area contributed by atoms with Crippen molar-refractivity contribution in [1.29, 1.82) is 0 Å². The van der Waals surface area contributed by atoms with Crippen molar-refractivity contribution in [3.05, 3.63) is 56.5 Å². The van der Waals surface area contributed by atoms with Gasteiger partial charge in [-0.2, -0.15) is 0 Å². The molecule has 0 radical (unpaired) electrons. The number of carboxylic acid groups (broad SMARTS) is 2. The molecule has 2 aromatic carbocycles. The molecule has 0 fully saturated rings. The molecule has 0 aliphatic carbocycles. The van der Waals surface area contributed by atoms with E-state index in [9.17, 15) is 9.59 Å². The Kier molecular flexibility index (Phi) is 10.1. The van der Waals surface area contributed by atoms with Crippen LogP contribution in [0.5, 0.6) is 11.5 Å². The van der Waals surface area contributed by atoms with Crippen LogP contribution in [-0.2, 0) is 9.47 Å². The molecule has 162 valence electrons. The summed E-state index contributed by atoms with van der Waals surface area (Å²) >= 11 is 6.49. The Balaban J connectivity index is 1.55. The summed E-state index contributed by atoms with van der Waals surface area (Å²) in [6.45, 7) is 1.92. The fraction of sp³-hybridized carbons (Fsp3) is 0.300. The van der Waals surface area contributed by atoms with Crippen LogP contribution in [0, 0.1) is 0 Å². The number of hydrogen-bond donors (Lipinski definition) is 2. The van der Waals surface area contributed by atoms with E-state index in [0.717, 1.165) is 0 Å². The number of aromatic carboxylic acids is 2. The highest BCUT2D eigenvalue weighted by Crippen LogP contribution is 2.22. The van der Waals surface area contributed by atoms with Gasteiger partial charge in [0, 0.05) is 8.95 Å². The van der Waals surface area contributed by atoms with Crippen molar-refractivity contribution >= 4 is 43.8 Å². The van der Waals surface area contributed by atoms with E-state index in [-0.39, 0.29) is 24.3 Å². The van der Waals surface area contributed by atoms with Gasteiger partial charge in [0.1, 0.15) is 24.7 Å². The van der Waals surface area contributed by atoms with Gasteiger partial charge in [0.15, 0.2) is 0 Å². The number of carbonyl (C=O) groups is 2. The molecule has 0 atom stereocenters. The normalized spacial score (nSPS) is 10.6. The van der Waals surface area contributed by atoms with Crippen LogP contribution in [0.1, 0.15) is 20.7 Å². The number of rotatable bonds is 13. The van der Waals surface area contributed by atoms with E-state index >= 15 is 0 Å². The molecule has 0 bridgehead atoms. The molecule has 0 unspecified atom stereocenters. The molecule has 2 N–H and O–H groups in total. The zero-order chi connectivity index (χ0) is 21.9. The van der Waals surface area contributed by atoms with Gasteiger partial charge in [-0.05, 0) is 36.4 Å². The second-order valence-corrected chi connectivity index (χ2v) is 7.71. The second kappa shape index (κ2) is 12.5. The quantitative estimate of drug-likeness (QED) is 0.360. The zero-order valence-corrected chi connectivity index (χ0v) is 19.0. The monoisotopic (exact) mass is 546 g/mol. The van der Waals surface area contributed by atoms with E-state index in [4.69, 9.17) is 29.2 Å². The summed E-state index contributed by atoms with van der Waals surface area (Å²) in [5.74, 6) is -1.17. The van der Waals surface area contributed by atoms with Gasteiger partial charge in [-0.15, -0.1) is 0 Å². The molecular formula is C20H20Br2O8. The molecule has 2 aromatic rings. The molecule has 0 aromatic heterocycles. The number of benzene rings is 2. The van der Waals surface area contributed by atoms with Gasteiger partial charge >= 0.3 is 11.9 Å². The highest BCUT2D eigenvalue weighted by atomic mass is 79.9. The minimum atomic E-state index is -1.03. The summed E-state index contributed by atoms with van der Waals surface area (Å²) in [5.41, 5.74) is 0.274.